The molecule has 0 radical (unpaired) electrons. The summed E-state index contributed by atoms with van der Waals surface area (Å²) >= 11 is 4.50. The number of nitrogens with one attached hydrogen (secondary N) is 1. The molecule has 2 rings (SSSR count). The second-order valence-corrected chi connectivity index (χ2v) is 4.86. The van der Waals surface area contributed by atoms with Gasteiger partial charge in [0.2, 0.25) is 0 Å². The molecule has 0 saturated carbocycles. The third kappa shape index (κ3) is 3.10. The lowest BCUT2D eigenvalue weighted by molar-refractivity contribution is 0.0950. The van der Waals surface area contributed by atoms with Crippen LogP contribution in [0.3, 0.4) is 0 Å². The smallest absolute Gasteiger partial charge is 0.251 e. The lowest BCUT2D eigenvalue weighted by Crippen LogP contribution is -2.23. The molecule has 1 amide bonds. The van der Waals surface area contributed by atoms with Crippen LogP contribution in [-0.4, -0.2) is 10.9 Å². The Balaban J connectivity index is 2.02. The van der Waals surface area contributed by atoms with Crippen LogP contribution in [-0.2, 0) is 6.54 Å². The van der Waals surface area contributed by atoms with Crippen molar-refractivity contribution in [2.24, 2.45) is 0 Å². The van der Waals surface area contributed by atoms with E-state index in [0.29, 0.717) is 16.6 Å². The van der Waals surface area contributed by atoms with Gasteiger partial charge in [0.05, 0.1) is 22.2 Å². The number of carbonyl (C=O) groups is 1. The highest BCUT2D eigenvalue weighted by Crippen LogP contribution is 2.16. The molecule has 0 atom stereocenters. The van der Waals surface area contributed by atoms with Crippen molar-refractivity contribution in [3.05, 3.63) is 50.6 Å². The molecule has 6 heteroatoms. The predicted molar refractivity (Wildman–Crippen MR) is 67.4 cm³/mol. The van der Waals surface area contributed by atoms with E-state index >= 15 is 0 Å². The maximum Gasteiger partial charge on any atom is 0.251 e. The molecule has 3 nitrogen and oxygen atoms in total. The van der Waals surface area contributed by atoms with Crippen molar-refractivity contribution in [3.63, 3.8) is 0 Å². The highest BCUT2D eigenvalue weighted by molar-refractivity contribution is 9.10. The Hall–Kier alpha value is -1.27. The molecular formula is C11H8BrFN2OS. The summed E-state index contributed by atoms with van der Waals surface area (Å²) in [5.74, 6) is -0.768. The number of halogens is 2. The average molecular weight is 315 g/mol. The first kappa shape index (κ1) is 12.2. The number of benzene rings is 1. The van der Waals surface area contributed by atoms with Crippen molar-refractivity contribution in [3.8, 4) is 0 Å². The van der Waals surface area contributed by atoms with Crippen molar-refractivity contribution in [1.82, 2.24) is 10.3 Å². The van der Waals surface area contributed by atoms with Crippen LogP contribution in [0.1, 0.15) is 16.1 Å². The van der Waals surface area contributed by atoms with Crippen molar-refractivity contribution in [2.45, 2.75) is 6.54 Å². The van der Waals surface area contributed by atoms with E-state index in [1.54, 1.807) is 11.6 Å². The quantitative estimate of drug-likeness (QED) is 0.946. The molecule has 0 unspecified atom stereocenters. The summed E-state index contributed by atoms with van der Waals surface area (Å²) in [6.45, 7) is 0.347. The van der Waals surface area contributed by atoms with Crippen LogP contribution in [0.4, 0.5) is 4.39 Å². The van der Waals surface area contributed by atoms with Gasteiger partial charge in [0, 0.05) is 10.9 Å². The van der Waals surface area contributed by atoms with Crippen LogP contribution in [0.15, 0.2) is 33.6 Å². The summed E-state index contributed by atoms with van der Waals surface area (Å²) in [4.78, 5) is 15.7. The first-order valence-electron chi connectivity index (χ1n) is 4.77. The van der Waals surface area contributed by atoms with Crippen molar-refractivity contribution in [2.75, 3.05) is 0 Å². The van der Waals surface area contributed by atoms with Crippen LogP contribution >= 0.6 is 27.3 Å². The van der Waals surface area contributed by atoms with E-state index < -0.39 is 5.82 Å². The van der Waals surface area contributed by atoms with E-state index in [-0.39, 0.29) is 5.91 Å². The lowest BCUT2D eigenvalue weighted by atomic mass is 10.2. The number of hydrogen-bond donors (Lipinski definition) is 1. The molecule has 17 heavy (non-hydrogen) atoms. The average Bonchev–Trinajstić information content (AvgIpc) is 2.82. The molecular weight excluding hydrogens is 307 g/mol. The van der Waals surface area contributed by atoms with Gasteiger partial charge >= 0.3 is 0 Å². The number of aromatic nitrogens is 1. The standard InChI is InChI=1S/C11H8BrFN2OS/c12-9-2-1-7(3-10(9)13)11(16)14-4-8-5-17-6-15-8/h1-3,5-6H,4H2,(H,14,16). The van der Waals surface area contributed by atoms with E-state index in [0.717, 1.165) is 5.69 Å². The number of hydrogen-bond acceptors (Lipinski definition) is 3. The minimum Gasteiger partial charge on any atom is -0.346 e. The number of carbonyl (C=O) groups excluding carboxylic acids is 1. The van der Waals surface area contributed by atoms with Crippen molar-refractivity contribution < 1.29 is 9.18 Å². The van der Waals surface area contributed by atoms with Gasteiger partial charge in [0.1, 0.15) is 5.82 Å². The number of thiazole rings is 1. The summed E-state index contributed by atoms with van der Waals surface area (Å²) < 4.78 is 13.6. The second kappa shape index (κ2) is 5.37. The summed E-state index contributed by atoms with van der Waals surface area (Å²) in [6, 6.07) is 4.26. The van der Waals surface area contributed by atoms with Crippen LogP contribution in [0.2, 0.25) is 0 Å². The Morgan fingerprint density at radius 3 is 3.00 bits per heavy atom. The topological polar surface area (TPSA) is 42.0 Å². The zero-order valence-corrected chi connectivity index (χ0v) is 11.0. The van der Waals surface area contributed by atoms with Crippen LogP contribution in [0, 0.1) is 5.82 Å². The van der Waals surface area contributed by atoms with E-state index in [4.69, 9.17) is 0 Å². The third-order valence-electron chi connectivity index (χ3n) is 2.10. The predicted octanol–water partition coefficient (Wildman–Crippen LogP) is 2.97. The summed E-state index contributed by atoms with van der Waals surface area (Å²) in [5.41, 5.74) is 2.78. The fourth-order valence-corrected chi connectivity index (χ4v) is 2.04. The van der Waals surface area contributed by atoms with Crippen molar-refractivity contribution in [1.29, 1.82) is 0 Å². The molecule has 0 bridgehead atoms. The van der Waals surface area contributed by atoms with Gasteiger partial charge in [-0.1, -0.05) is 0 Å². The van der Waals surface area contributed by atoms with E-state index in [1.807, 2.05) is 5.38 Å². The molecule has 88 valence electrons. The maximum atomic E-state index is 13.2. The lowest BCUT2D eigenvalue weighted by Gasteiger charge is -2.04. The molecule has 0 spiro atoms. The SMILES string of the molecule is O=C(NCc1cscn1)c1ccc(Br)c(F)c1. The zero-order valence-electron chi connectivity index (χ0n) is 8.61. The molecule has 1 aromatic heterocycles. The van der Waals surface area contributed by atoms with Gasteiger partial charge in [-0.15, -0.1) is 11.3 Å². The van der Waals surface area contributed by atoms with Gasteiger partial charge in [0.15, 0.2) is 0 Å². The highest BCUT2D eigenvalue weighted by atomic mass is 79.9. The Bertz CT molecular complexity index is 530. The Kier molecular flexibility index (Phi) is 3.86. The number of nitrogens with zero attached hydrogens (tertiary/aromatic N) is 1. The molecule has 0 aliphatic heterocycles. The summed E-state index contributed by atoms with van der Waals surface area (Å²) in [5, 5.41) is 4.52. The third-order valence-corrected chi connectivity index (χ3v) is 3.37. The minimum atomic E-state index is -0.452. The summed E-state index contributed by atoms with van der Waals surface area (Å²) in [7, 11) is 0. The molecule has 0 aliphatic rings. The van der Waals surface area contributed by atoms with Crippen LogP contribution in [0.5, 0.6) is 0 Å². The van der Waals surface area contributed by atoms with E-state index in [1.165, 1.54) is 23.5 Å². The fourth-order valence-electron chi connectivity index (χ4n) is 1.24. The Labute approximate surface area is 110 Å². The Morgan fingerprint density at radius 2 is 2.35 bits per heavy atom. The highest BCUT2D eigenvalue weighted by Gasteiger charge is 2.08. The number of amides is 1. The van der Waals surface area contributed by atoms with Gasteiger partial charge in [-0.3, -0.25) is 4.79 Å². The van der Waals surface area contributed by atoms with Gasteiger partial charge in [-0.05, 0) is 34.1 Å². The van der Waals surface area contributed by atoms with Gasteiger partial charge in [0.25, 0.3) is 5.91 Å². The monoisotopic (exact) mass is 314 g/mol. The molecule has 1 aromatic carbocycles. The molecule has 1 heterocycles. The van der Waals surface area contributed by atoms with E-state index in [2.05, 4.69) is 26.2 Å². The minimum absolute atomic E-state index is 0.293. The fraction of sp³-hybridized carbons (Fsp3) is 0.0909. The normalized spacial score (nSPS) is 10.2. The molecule has 2 aromatic rings. The zero-order chi connectivity index (χ0) is 12.3. The molecule has 0 fully saturated rings. The molecule has 0 saturated heterocycles. The maximum absolute atomic E-state index is 13.2. The van der Waals surface area contributed by atoms with Crippen LogP contribution in [0.25, 0.3) is 0 Å². The largest absolute Gasteiger partial charge is 0.346 e. The molecule has 1 N–H and O–H groups in total. The first-order valence-corrected chi connectivity index (χ1v) is 6.50. The van der Waals surface area contributed by atoms with E-state index in [9.17, 15) is 9.18 Å². The van der Waals surface area contributed by atoms with Crippen LogP contribution < -0.4 is 5.32 Å². The van der Waals surface area contributed by atoms with Gasteiger partial charge < -0.3 is 5.32 Å². The Morgan fingerprint density at radius 1 is 1.53 bits per heavy atom. The number of rotatable bonds is 3. The summed E-state index contributed by atoms with van der Waals surface area (Å²) in [6.07, 6.45) is 0. The van der Waals surface area contributed by atoms with Crippen molar-refractivity contribution >= 4 is 33.2 Å². The van der Waals surface area contributed by atoms with Gasteiger partial charge in [-0.2, -0.15) is 0 Å². The first-order chi connectivity index (χ1) is 8.16. The van der Waals surface area contributed by atoms with Gasteiger partial charge in [-0.25, -0.2) is 9.37 Å². The molecule has 0 aliphatic carbocycles. The second-order valence-electron chi connectivity index (χ2n) is 3.29.